The molecule has 1 fully saturated rings. The standard InChI is InChI=1S/C16H24N2O4/c1-2-21-16(20)18-10-8-17(9-11-18)12-14(19)13-22-15-6-4-3-5-7-15/h3-7,14,19H,2,8-13H2,1H3. The number of para-hydroxylation sites is 1. The first-order valence-electron chi connectivity index (χ1n) is 7.69. The van der Waals surface area contributed by atoms with Gasteiger partial charge in [-0.1, -0.05) is 18.2 Å². The molecule has 0 bridgehead atoms. The molecular weight excluding hydrogens is 284 g/mol. The van der Waals surface area contributed by atoms with Gasteiger partial charge in [0.15, 0.2) is 0 Å². The second kappa shape index (κ2) is 8.60. The van der Waals surface area contributed by atoms with E-state index in [9.17, 15) is 9.90 Å². The lowest BCUT2D eigenvalue weighted by Gasteiger charge is -2.34. The normalized spacial score (nSPS) is 17.1. The van der Waals surface area contributed by atoms with Crippen LogP contribution in [0.25, 0.3) is 0 Å². The molecule has 0 radical (unpaired) electrons. The number of amides is 1. The highest BCUT2D eigenvalue weighted by atomic mass is 16.6. The van der Waals surface area contributed by atoms with Crippen molar-refractivity contribution >= 4 is 6.09 Å². The monoisotopic (exact) mass is 308 g/mol. The molecule has 1 aromatic rings. The van der Waals surface area contributed by atoms with Crippen molar-refractivity contribution in [2.45, 2.75) is 13.0 Å². The number of nitrogens with zero attached hydrogens (tertiary/aromatic N) is 2. The lowest BCUT2D eigenvalue weighted by molar-refractivity contribution is 0.0408. The number of hydrogen-bond donors (Lipinski definition) is 1. The van der Waals surface area contributed by atoms with Gasteiger partial charge in [-0.3, -0.25) is 4.90 Å². The summed E-state index contributed by atoms with van der Waals surface area (Å²) in [4.78, 5) is 15.4. The summed E-state index contributed by atoms with van der Waals surface area (Å²) >= 11 is 0. The van der Waals surface area contributed by atoms with Crippen molar-refractivity contribution < 1.29 is 19.4 Å². The van der Waals surface area contributed by atoms with E-state index in [1.54, 1.807) is 11.8 Å². The highest BCUT2D eigenvalue weighted by molar-refractivity contribution is 5.67. The number of carbonyl (C=O) groups excluding carboxylic acids is 1. The van der Waals surface area contributed by atoms with Gasteiger partial charge in [0.25, 0.3) is 0 Å². The maximum Gasteiger partial charge on any atom is 0.409 e. The Morgan fingerprint density at radius 1 is 1.23 bits per heavy atom. The molecule has 1 unspecified atom stereocenters. The van der Waals surface area contributed by atoms with Gasteiger partial charge in [0.05, 0.1) is 6.61 Å². The van der Waals surface area contributed by atoms with Crippen LogP contribution in [0.3, 0.4) is 0 Å². The quantitative estimate of drug-likeness (QED) is 0.855. The van der Waals surface area contributed by atoms with Crippen LogP contribution < -0.4 is 4.74 Å². The van der Waals surface area contributed by atoms with Crippen molar-refractivity contribution in [2.75, 3.05) is 45.9 Å². The molecule has 122 valence electrons. The zero-order valence-electron chi connectivity index (χ0n) is 13.0. The predicted molar refractivity (Wildman–Crippen MR) is 83.0 cm³/mol. The summed E-state index contributed by atoms with van der Waals surface area (Å²) < 4.78 is 10.5. The van der Waals surface area contributed by atoms with E-state index in [2.05, 4.69) is 4.90 Å². The van der Waals surface area contributed by atoms with E-state index in [1.165, 1.54) is 0 Å². The molecule has 1 N–H and O–H groups in total. The molecule has 1 amide bonds. The van der Waals surface area contributed by atoms with Crippen LogP contribution in [0.5, 0.6) is 5.75 Å². The number of rotatable bonds is 6. The van der Waals surface area contributed by atoms with Crippen molar-refractivity contribution in [1.82, 2.24) is 9.80 Å². The Morgan fingerprint density at radius 3 is 2.55 bits per heavy atom. The Labute approximate surface area is 131 Å². The van der Waals surface area contributed by atoms with E-state index in [0.29, 0.717) is 26.2 Å². The van der Waals surface area contributed by atoms with E-state index in [0.717, 1.165) is 18.8 Å². The van der Waals surface area contributed by atoms with Crippen LogP contribution in [0.2, 0.25) is 0 Å². The smallest absolute Gasteiger partial charge is 0.409 e. The van der Waals surface area contributed by atoms with Crippen molar-refractivity contribution in [1.29, 1.82) is 0 Å². The number of β-amino-alcohol motifs (C(OH)–C–C–N with tert-alkyl or cyclic N) is 1. The molecular formula is C16H24N2O4. The minimum atomic E-state index is -0.547. The molecule has 6 heteroatoms. The van der Waals surface area contributed by atoms with Crippen molar-refractivity contribution in [3.63, 3.8) is 0 Å². The number of aliphatic hydroxyl groups excluding tert-OH is 1. The second-order valence-corrected chi connectivity index (χ2v) is 5.26. The Morgan fingerprint density at radius 2 is 1.91 bits per heavy atom. The van der Waals surface area contributed by atoms with Gasteiger partial charge in [0.1, 0.15) is 18.5 Å². The molecule has 1 heterocycles. The molecule has 1 saturated heterocycles. The first-order valence-corrected chi connectivity index (χ1v) is 7.69. The Kier molecular flexibility index (Phi) is 6.48. The van der Waals surface area contributed by atoms with Gasteiger partial charge in [0.2, 0.25) is 0 Å². The molecule has 6 nitrogen and oxygen atoms in total. The number of carbonyl (C=O) groups is 1. The van der Waals surface area contributed by atoms with E-state index in [4.69, 9.17) is 9.47 Å². The molecule has 1 atom stereocenters. The Balaban J connectivity index is 1.66. The maximum absolute atomic E-state index is 11.6. The van der Waals surface area contributed by atoms with E-state index in [-0.39, 0.29) is 12.7 Å². The summed E-state index contributed by atoms with van der Waals surface area (Å²) in [5, 5.41) is 10.1. The first kappa shape index (κ1) is 16.6. The molecule has 1 aromatic carbocycles. The highest BCUT2D eigenvalue weighted by Gasteiger charge is 2.23. The number of hydrogen-bond acceptors (Lipinski definition) is 5. The van der Waals surface area contributed by atoms with Gasteiger partial charge < -0.3 is 19.5 Å². The summed E-state index contributed by atoms with van der Waals surface area (Å²) in [6.07, 6.45) is -0.801. The van der Waals surface area contributed by atoms with Crippen LogP contribution in [0, 0.1) is 0 Å². The number of benzene rings is 1. The first-order chi connectivity index (χ1) is 10.7. The van der Waals surface area contributed by atoms with Crippen molar-refractivity contribution in [3.8, 4) is 5.75 Å². The van der Waals surface area contributed by atoms with Gasteiger partial charge in [-0.2, -0.15) is 0 Å². The van der Waals surface area contributed by atoms with Crippen LogP contribution in [-0.2, 0) is 4.74 Å². The average Bonchev–Trinajstić information content (AvgIpc) is 2.55. The van der Waals surface area contributed by atoms with Crippen LogP contribution in [0.4, 0.5) is 4.79 Å². The lowest BCUT2D eigenvalue weighted by atomic mass is 10.2. The van der Waals surface area contributed by atoms with Gasteiger partial charge in [-0.05, 0) is 19.1 Å². The zero-order chi connectivity index (χ0) is 15.8. The topological polar surface area (TPSA) is 62.2 Å². The van der Waals surface area contributed by atoms with E-state index < -0.39 is 6.10 Å². The van der Waals surface area contributed by atoms with Gasteiger partial charge >= 0.3 is 6.09 Å². The summed E-state index contributed by atoms with van der Waals surface area (Å²) in [6.45, 7) is 5.75. The fourth-order valence-corrected chi connectivity index (χ4v) is 2.39. The summed E-state index contributed by atoms with van der Waals surface area (Å²) in [7, 11) is 0. The highest BCUT2D eigenvalue weighted by Crippen LogP contribution is 2.09. The minimum absolute atomic E-state index is 0.255. The Bertz CT molecular complexity index is 447. The van der Waals surface area contributed by atoms with Crippen molar-refractivity contribution in [2.24, 2.45) is 0 Å². The van der Waals surface area contributed by atoms with Gasteiger partial charge in [-0.15, -0.1) is 0 Å². The molecule has 22 heavy (non-hydrogen) atoms. The summed E-state index contributed by atoms with van der Waals surface area (Å²) in [5.74, 6) is 0.758. The third-order valence-corrected chi connectivity index (χ3v) is 3.55. The fraction of sp³-hybridized carbons (Fsp3) is 0.562. The molecule has 0 saturated carbocycles. The third-order valence-electron chi connectivity index (χ3n) is 3.55. The molecule has 1 aliphatic heterocycles. The van der Waals surface area contributed by atoms with Crippen LogP contribution in [-0.4, -0.2) is 73.0 Å². The van der Waals surface area contributed by atoms with Gasteiger partial charge in [0, 0.05) is 32.7 Å². The summed E-state index contributed by atoms with van der Waals surface area (Å²) in [5.41, 5.74) is 0. The van der Waals surface area contributed by atoms with E-state index >= 15 is 0 Å². The third kappa shape index (κ3) is 5.20. The molecule has 0 aliphatic carbocycles. The lowest BCUT2D eigenvalue weighted by Crippen LogP contribution is -2.51. The van der Waals surface area contributed by atoms with Crippen LogP contribution in [0.15, 0.2) is 30.3 Å². The number of aliphatic hydroxyl groups is 1. The van der Waals surface area contributed by atoms with Crippen LogP contribution in [0.1, 0.15) is 6.92 Å². The second-order valence-electron chi connectivity index (χ2n) is 5.26. The molecule has 1 aliphatic rings. The molecule has 0 spiro atoms. The molecule has 2 rings (SSSR count). The van der Waals surface area contributed by atoms with E-state index in [1.807, 2.05) is 30.3 Å². The average molecular weight is 308 g/mol. The number of ether oxygens (including phenoxy) is 2. The van der Waals surface area contributed by atoms with Crippen LogP contribution >= 0.6 is 0 Å². The SMILES string of the molecule is CCOC(=O)N1CCN(CC(O)COc2ccccc2)CC1. The number of piperazine rings is 1. The van der Waals surface area contributed by atoms with Crippen molar-refractivity contribution in [3.05, 3.63) is 30.3 Å². The zero-order valence-corrected chi connectivity index (χ0v) is 13.0. The minimum Gasteiger partial charge on any atom is -0.491 e. The maximum atomic E-state index is 11.6. The van der Waals surface area contributed by atoms with Gasteiger partial charge in [-0.25, -0.2) is 4.79 Å². The predicted octanol–water partition coefficient (Wildman–Crippen LogP) is 1.20. The summed E-state index contributed by atoms with van der Waals surface area (Å²) in [6, 6.07) is 9.45. The largest absolute Gasteiger partial charge is 0.491 e. The Hall–Kier alpha value is -1.79. The molecule has 0 aromatic heterocycles. The fourth-order valence-electron chi connectivity index (χ4n) is 2.39.